The van der Waals surface area contributed by atoms with Gasteiger partial charge in [0.2, 0.25) is 5.91 Å². The largest absolute Gasteiger partial charge is 0.487 e. The van der Waals surface area contributed by atoms with E-state index < -0.39 is 0 Å². The van der Waals surface area contributed by atoms with Crippen LogP contribution in [0.2, 0.25) is 5.02 Å². The third-order valence-electron chi connectivity index (χ3n) is 5.85. The average Bonchev–Trinajstić information content (AvgIpc) is 3.30. The minimum Gasteiger partial charge on any atom is -0.487 e. The fraction of sp³-hybridized carbons (Fsp3) is 0.241. The van der Waals surface area contributed by atoms with Gasteiger partial charge in [-0.15, -0.1) is 11.3 Å². The van der Waals surface area contributed by atoms with E-state index in [-0.39, 0.29) is 38.0 Å². The Morgan fingerprint density at radius 1 is 1.12 bits per heavy atom. The van der Waals surface area contributed by atoms with Crippen molar-refractivity contribution < 1.29 is 23.8 Å². The summed E-state index contributed by atoms with van der Waals surface area (Å²) in [6.45, 7) is 1.11. The van der Waals surface area contributed by atoms with Crippen molar-refractivity contribution in [2.24, 2.45) is 10.7 Å². The topological polar surface area (TPSA) is 118 Å². The number of amides is 1. The number of anilines is 1. The van der Waals surface area contributed by atoms with E-state index in [0.29, 0.717) is 41.0 Å². The first kappa shape index (κ1) is 29.3. The first-order chi connectivity index (χ1) is 19.4. The summed E-state index contributed by atoms with van der Waals surface area (Å²) in [5, 5.41) is 16.9. The first-order valence-corrected chi connectivity index (χ1v) is 13.8. The van der Waals surface area contributed by atoms with Crippen molar-refractivity contribution in [1.29, 1.82) is 0 Å². The van der Waals surface area contributed by atoms with E-state index in [4.69, 9.17) is 31.9 Å². The number of nitrogens with one attached hydrogen (secondary N) is 2. The lowest BCUT2D eigenvalue weighted by Gasteiger charge is -2.09. The van der Waals surface area contributed by atoms with Crippen LogP contribution in [0.4, 0.5) is 15.1 Å². The Bertz CT molecular complexity index is 1510. The van der Waals surface area contributed by atoms with Gasteiger partial charge in [-0.05, 0) is 47.5 Å². The number of amidine groups is 1. The number of nitrogens with zero attached hydrogens (tertiary/aromatic N) is 1. The fourth-order valence-corrected chi connectivity index (χ4v) is 5.38. The zero-order chi connectivity index (χ0) is 28.5. The second-order valence-electron chi connectivity index (χ2n) is 8.78. The second kappa shape index (κ2) is 14.1. The van der Waals surface area contributed by atoms with Gasteiger partial charge < -0.3 is 30.9 Å². The van der Waals surface area contributed by atoms with Crippen molar-refractivity contribution in [3.05, 3.63) is 88.2 Å². The molecule has 11 heteroatoms. The summed E-state index contributed by atoms with van der Waals surface area (Å²) < 4.78 is 25.3. The number of rotatable bonds is 13. The highest BCUT2D eigenvalue weighted by Gasteiger charge is 2.16. The number of benzene rings is 3. The Balaban J connectivity index is 1.47. The van der Waals surface area contributed by atoms with E-state index in [0.717, 1.165) is 26.2 Å². The molecule has 0 spiro atoms. The van der Waals surface area contributed by atoms with Crippen LogP contribution in [-0.2, 0) is 22.6 Å². The average molecular weight is 585 g/mol. The standard InChI is InChI=1S/C29H30ClFN4O4S/c1-33-29-27(22-7-5-18(14-25(22)40-29)15-26(37)34-9-11-38-12-10-36)28(32)35-21-6-8-24(23(30)16-21)39-17-19-3-2-4-20(31)13-19/h2-8,13-14,16,33,36H,9-12,15,17H2,1H3,(H2,32,35)(H,34,37). The van der Waals surface area contributed by atoms with Crippen LogP contribution in [0.15, 0.2) is 65.7 Å². The van der Waals surface area contributed by atoms with Gasteiger partial charge >= 0.3 is 0 Å². The quantitative estimate of drug-likeness (QED) is 0.0996. The lowest BCUT2D eigenvalue weighted by atomic mass is 10.1. The molecule has 5 N–H and O–H groups in total. The van der Waals surface area contributed by atoms with Gasteiger partial charge in [-0.25, -0.2) is 9.38 Å². The number of halogens is 2. The summed E-state index contributed by atoms with van der Waals surface area (Å²) in [5.41, 5.74) is 9.36. The molecule has 3 aromatic carbocycles. The molecule has 0 bridgehead atoms. The summed E-state index contributed by atoms with van der Waals surface area (Å²) in [5.74, 6) is 0.328. The van der Waals surface area contributed by atoms with Gasteiger partial charge in [-0.3, -0.25) is 4.79 Å². The third-order valence-corrected chi connectivity index (χ3v) is 7.32. The Labute approximate surface area is 240 Å². The Hall–Kier alpha value is -3.70. The van der Waals surface area contributed by atoms with Crippen LogP contribution in [0.25, 0.3) is 10.1 Å². The van der Waals surface area contributed by atoms with Crippen molar-refractivity contribution in [1.82, 2.24) is 5.32 Å². The zero-order valence-corrected chi connectivity index (χ0v) is 23.4. The summed E-state index contributed by atoms with van der Waals surface area (Å²) in [4.78, 5) is 16.9. The molecule has 4 aromatic rings. The van der Waals surface area contributed by atoms with Crippen molar-refractivity contribution in [3.63, 3.8) is 0 Å². The first-order valence-electron chi connectivity index (χ1n) is 12.6. The minimum absolute atomic E-state index is 0.0468. The summed E-state index contributed by atoms with van der Waals surface area (Å²) in [6, 6.07) is 17.1. The maximum Gasteiger partial charge on any atom is 0.224 e. The van der Waals surface area contributed by atoms with E-state index in [9.17, 15) is 9.18 Å². The van der Waals surface area contributed by atoms with Gasteiger partial charge in [0.05, 0.1) is 42.5 Å². The molecule has 1 amide bonds. The smallest absolute Gasteiger partial charge is 0.224 e. The van der Waals surface area contributed by atoms with Crippen molar-refractivity contribution in [2.75, 3.05) is 38.7 Å². The second-order valence-corrected chi connectivity index (χ2v) is 10.2. The van der Waals surface area contributed by atoms with E-state index in [2.05, 4.69) is 15.6 Å². The van der Waals surface area contributed by atoms with Gasteiger partial charge in [-0.1, -0.05) is 35.9 Å². The predicted octanol–water partition coefficient (Wildman–Crippen LogP) is 5.02. The molecule has 0 saturated carbocycles. The molecule has 0 aliphatic carbocycles. The van der Waals surface area contributed by atoms with Crippen molar-refractivity contribution in [3.8, 4) is 5.75 Å². The molecule has 40 heavy (non-hydrogen) atoms. The lowest BCUT2D eigenvalue weighted by Crippen LogP contribution is -2.28. The predicted molar refractivity (Wildman–Crippen MR) is 159 cm³/mol. The fourth-order valence-electron chi connectivity index (χ4n) is 4.02. The van der Waals surface area contributed by atoms with Gasteiger partial charge in [0.1, 0.15) is 29.0 Å². The number of thiophene rings is 1. The maximum absolute atomic E-state index is 13.4. The summed E-state index contributed by atoms with van der Waals surface area (Å²) in [7, 11) is 1.82. The highest BCUT2D eigenvalue weighted by molar-refractivity contribution is 7.23. The Kier molecular flexibility index (Phi) is 10.3. The molecule has 0 fully saturated rings. The number of aliphatic hydroxyl groups excluding tert-OH is 1. The zero-order valence-electron chi connectivity index (χ0n) is 21.9. The van der Waals surface area contributed by atoms with Crippen LogP contribution in [0.1, 0.15) is 16.7 Å². The summed E-state index contributed by atoms with van der Waals surface area (Å²) >= 11 is 7.95. The minimum atomic E-state index is -0.326. The normalized spacial score (nSPS) is 11.6. The molecule has 0 aliphatic heterocycles. The van der Waals surface area contributed by atoms with Crippen molar-refractivity contribution >= 4 is 55.5 Å². The molecule has 1 heterocycles. The summed E-state index contributed by atoms with van der Waals surface area (Å²) in [6.07, 6.45) is 0.230. The van der Waals surface area contributed by atoms with Crippen molar-refractivity contribution in [2.45, 2.75) is 13.0 Å². The lowest BCUT2D eigenvalue weighted by molar-refractivity contribution is -0.120. The van der Waals surface area contributed by atoms with Crippen LogP contribution < -0.4 is 21.1 Å². The number of aliphatic imine (C=N–C) groups is 1. The molecule has 8 nitrogen and oxygen atoms in total. The molecule has 0 saturated heterocycles. The number of ether oxygens (including phenoxy) is 2. The van der Waals surface area contributed by atoms with E-state index in [1.165, 1.54) is 23.5 Å². The molecule has 0 unspecified atom stereocenters. The van der Waals surface area contributed by atoms with Crippen LogP contribution in [-0.4, -0.2) is 50.3 Å². The highest BCUT2D eigenvalue weighted by Crippen LogP contribution is 2.37. The SMILES string of the molecule is CNc1sc2cc(CC(=O)NCCOCCO)ccc2c1C(N)=Nc1ccc(OCc2cccc(F)c2)c(Cl)c1. The molecule has 0 aliphatic rings. The molecule has 1 aromatic heterocycles. The number of carbonyl (C=O) groups is 1. The van der Waals surface area contributed by atoms with Gasteiger partial charge in [0, 0.05) is 23.7 Å². The molecule has 4 rings (SSSR count). The number of fused-ring (bicyclic) bond motifs is 1. The number of aliphatic hydroxyl groups is 1. The molecule has 210 valence electrons. The third kappa shape index (κ3) is 7.70. The van der Waals surface area contributed by atoms with E-state index >= 15 is 0 Å². The van der Waals surface area contributed by atoms with E-state index in [1.807, 2.05) is 25.2 Å². The maximum atomic E-state index is 13.4. The van der Waals surface area contributed by atoms with Crippen LogP contribution in [0.3, 0.4) is 0 Å². The molecular formula is C29H30ClFN4O4S. The van der Waals surface area contributed by atoms with Crippen LogP contribution in [0, 0.1) is 5.82 Å². The number of hydrogen-bond donors (Lipinski definition) is 4. The number of nitrogens with two attached hydrogens (primary N) is 1. The Morgan fingerprint density at radius 3 is 2.73 bits per heavy atom. The van der Waals surface area contributed by atoms with Gasteiger partial charge in [0.15, 0.2) is 0 Å². The molecule has 0 radical (unpaired) electrons. The van der Waals surface area contributed by atoms with Gasteiger partial charge in [0.25, 0.3) is 0 Å². The number of hydrogen-bond acceptors (Lipinski definition) is 7. The van der Waals surface area contributed by atoms with Crippen LogP contribution >= 0.6 is 22.9 Å². The molecular weight excluding hydrogens is 555 g/mol. The van der Waals surface area contributed by atoms with Gasteiger partial charge in [-0.2, -0.15) is 0 Å². The molecule has 0 atom stereocenters. The number of carbonyl (C=O) groups excluding carboxylic acids is 1. The Morgan fingerprint density at radius 2 is 1.98 bits per heavy atom. The van der Waals surface area contributed by atoms with Crippen LogP contribution in [0.5, 0.6) is 5.75 Å². The highest BCUT2D eigenvalue weighted by atomic mass is 35.5. The monoisotopic (exact) mass is 584 g/mol. The van der Waals surface area contributed by atoms with E-state index in [1.54, 1.807) is 30.3 Å².